The van der Waals surface area contributed by atoms with Crippen molar-refractivity contribution in [1.29, 1.82) is 0 Å². The Kier molecular flexibility index (Phi) is 4.36. The molecule has 3 nitrogen and oxygen atoms in total. The largest absolute Gasteiger partial charge is 0.298 e. The quantitative estimate of drug-likeness (QED) is 0.708. The van der Waals surface area contributed by atoms with Gasteiger partial charge in [-0.25, -0.2) is 4.98 Å². The van der Waals surface area contributed by atoms with Gasteiger partial charge in [0.1, 0.15) is 0 Å². The summed E-state index contributed by atoms with van der Waals surface area (Å²) >= 11 is 1.62. The molecule has 0 bridgehead atoms. The standard InChI is InChI=1S/C21H20N2OS/c1-14-7-12-18-19(13-14)25-21(22-18)23-20(24)17-10-8-16(9-11-17)15-5-3-2-4-6-15/h2-6,8-11,14H,7,12-13H2,1H3,(H,22,23,24). The van der Waals surface area contributed by atoms with E-state index in [4.69, 9.17) is 0 Å². The van der Waals surface area contributed by atoms with Crippen LogP contribution in [0.25, 0.3) is 11.1 Å². The third-order valence-electron chi connectivity index (χ3n) is 4.66. The maximum Gasteiger partial charge on any atom is 0.257 e. The van der Waals surface area contributed by atoms with E-state index in [1.54, 1.807) is 11.3 Å². The van der Waals surface area contributed by atoms with Crippen molar-refractivity contribution in [2.75, 3.05) is 5.32 Å². The van der Waals surface area contributed by atoms with Gasteiger partial charge in [0.2, 0.25) is 0 Å². The summed E-state index contributed by atoms with van der Waals surface area (Å²) in [7, 11) is 0. The summed E-state index contributed by atoms with van der Waals surface area (Å²) in [6, 6.07) is 17.9. The highest BCUT2D eigenvalue weighted by Gasteiger charge is 2.20. The topological polar surface area (TPSA) is 42.0 Å². The van der Waals surface area contributed by atoms with Gasteiger partial charge in [-0.05, 0) is 48.4 Å². The van der Waals surface area contributed by atoms with Crippen LogP contribution in [0.15, 0.2) is 54.6 Å². The molecule has 0 fully saturated rings. The van der Waals surface area contributed by atoms with Crippen molar-refractivity contribution in [2.45, 2.75) is 26.2 Å². The summed E-state index contributed by atoms with van der Waals surface area (Å²) in [4.78, 5) is 18.4. The van der Waals surface area contributed by atoms with Crippen molar-refractivity contribution in [2.24, 2.45) is 5.92 Å². The molecule has 1 atom stereocenters. The minimum absolute atomic E-state index is 0.0984. The van der Waals surface area contributed by atoms with Crippen LogP contribution in [0.3, 0.4) is 0 Å². The predicted molar refractivity (Wildman–Crippen MR) is 103 cm³/mol. The smallest absolute Gasteiger partial charge is 0.257 e. The van der Waals surface area contributed by atoms with Gasteiger partial charge in [0.25, 0.3) is 5.91 Å². The van der Waals surface area contributed by atoms with Crippen LogP contribution in [-0.4, -0.2) is 10.9 Å². The van der Waals surface area contributed by atoms with Gasteiger partial charge < -0.3 is 0 Å². The molecule has 4 rings (SSSR count). The first kappa shape index (κ1) is 16.0. The molecule has 0 saturated carbocycles. The lowest BCUT2D eigenvalue weighted by molar-refractivity contribution is 0.102. The Bertz CT molecular complexity index is 884. The molecular formula is C21H20N2OS. The second-order valence-corrected chi connectivity index (χ2v) is 7.72. The molecule has 25 heavy (non-hydrogen) atoms. The number of carbonyl (C=O) groups excluding carboxylic acids is 1. The summed E-state index contributed by atoms with van der Waals surface area (Å²) in [6.45, 7) is 2.27. The van der Waals surface area contributed by atoms with Crippen LogP contribution >= 0.6 is 11.3 Å². The molecule has 2 aromatic carbocycles. The van der Waals surface area contributed by atoms with Crippen molar-refractivity contribution >= 4 is 22.4 Å². The zero-order valence-electron chi connectivity index (χ0n) is 14.2. The SMILES string of the molecule is CC1CCc2nc(NC(=O)c3ccc(-c4ccccc4)cc3)sc2C1. The summed E-state index contributed by atoms with van der Waals surface area (Å²) in [6.07, 6.45) is 3.29. The van der Waals surface area contributed by atoms with E-state index in [0.29, 0.717) is 11.5 Å². The first-order chi connectivity index (χ1) is 12.2. The number of benzene rings is 2. The molecule has 126 valence electrons. The fourth-order valence-electron chi connectivity index (χ4n) is 3.21. The van der Waals surface area contributed by atoms with Crippen LogP contribution in [0.5, 0.6) is 0 Å². The number of hydrogen-bond acceptors (Lipinski definition) is 3. The number of anilines is 1. The molecule has 1 aliphatic carbocycles. The normalized spacial score (nSPS) is 16.3. The fraction of sp³-hybridized carbons (Fsp3) is 0.238. The number of nitrogens with zero attached hydrogens (tertiary/aromatic N) is 1. The van der Waals surface area contributed by atoms with Crippen molar-refractivity contribution < 1.29 is 4.79 Å². The van der Waals surface area contributed by atoms with Crippen LogP contribution < -0.4 is 5.32 Å². The van der Waals surface area contributed by atoms with Gasteiger partial charge in [0.05, 0.1) is 5.69 Å². The van der Waals surface area contributed by atoms with E-state index in [1.165, 1.54) is 11.3 Å². The number of fused-ring (bicyclic) bond motifs is 1. The Labute approximate surface area is 151 Å². The van der Waals surface area contributed by atoms with E-state index in [1.807, 2.05) is 42.5 Å². The number of aromatic nitrogens is 1. The summed E-state index contributed by atoms with van der Waals surface area (Å²) < 4.78 is 0. The lowest BCUT2D eigenvalue weighted by Gasteiger charge is -2.15. The van der Waals surface area contributed by atoms with E-state index < -0.39 is 0 Å². The van der Waals surface area contributed by atoms with Crippen LogP contribution in [-0.2, 0) is 12.8 Å². The van der Waals surface area contributed by atoms with Crippen LogP contribution in [0.2, 0.25) is 0 Å². The van der Waals surface area contributed by atoms with Gasteiger partial charge in [0.15, 0.2) is 5.13 Å². The molecule has 0 radical (unpaired) electrons. The molecule has 0 aliphatic heterocycles. The first-order valence-corrected chi connectivity index (χ1v) is 9.46. The monoisotopic (exact) mass is 348 g/mol. The molecule has 1 N–H and O–H groups in total. The Hall–Kier alpha value is -2.46. The van der Waals surface area contributed by atoms with Crippen molar-refractivity contribution in [1.82, 2.24) is 4.98 Å². The maximum absolute atomic E-state index is 12.5. The van der Waals surface area contributed by atoms with E-state index in [9.17, 15) is 4.79 Å². The van der Waals surface area contributed by atoms with E-state index in [2.05, 4.69) is 29.4 Å². The van der Waals surface area contributed by atoms with Crippen molar-refractivity contribution in [3.63, 3.8) is 0 Å². The van der Waals surface area contributed by atoms with Crippen LogP contribution in [0.4, 0.5) is 5.13 Å². The molecule has 0 spiro atoms. The van der Waals surface area contributed by atoms with E-state index >= 15 is 0 Å². The number of carbonyl (C=O) groups is 1. The Morgan fingerprint density at radius 2 is 1.80 bits per heavy atom. The van der Waals surface area contributed by atoms with Gasteiger partial charge in [-0.15, -0.1) is 11.3 Å². The fourth-order valence-corrected chi connectivity index (χ4v) is 4.37. The van der Waals surface area contributed by atoms with Gasteiger partial charge in [-0.2, -0.15) is 0 Å². The molecule has 1 heterocycles. The molecule has 1 aliphatic rings. The average molecular weight is 348 g/mol. The van der Waals surface area contributed by atoms with Gasteiger partial charge in [0, 0.05) is 10.4 Å². The van der Waals surface area contributed by atoms with Crippen molar-refractivity contribution in [3.05, 3.63) is 70.7 Å². The highest BCUT2D eigenvalue weighted by Crippen LogP contribution is 2.32. The molecule has 4 heteroatoms. The zero-order chi connectivity index (χ0) is 17.2. The highest BCUT2D eigenvalue weighted by atomic mass is 32.1. The first-order valence-electron chi connectivity index (χ1n) is 8.64. The Balaban J connectivity index is 1.48. The predicted octanol–water partition coefficient (Wildman–Crippen LogP) is 5.19. The third-order valence-corrected chi connectivity index (χ3v) is 5.70. The number of nitrogens with one attached hydrogen (secondary N) is 1. The van der Waals surface area contributed by atoms with Crippen LogP contribution in [0, 0.1) is 5.92 Å². The number of amides is 1. The minimum Gasteiger partial charge on any atom is -0.298 e. The number of aryl methyl sites for hydroxylation is 1. The Morgan fingerprint density at radius 1 is 1.08 bits per heavy atom. The molecule has 1 aromatic heterocycles. The van der Waals surface area contributed by atoms with Crippen molar-refractivity contribution in [3.8, 4) is 11.1 Å². The minimum atomic E-state index is -0.0984. The second-order valence-electron chi connectivity index (χ2n) is 6.63. The van der Waals surface area contributed by atoms with E-state index in [-0.39, 0.29) is 5.91 Å². The van der Waals surface area contributed by atoms with Gasteiger partial charge in [-0.1, -0.05) is 49.4 Å². The third kappa shape index (κ3) is 3.49. The molecular weight excluding hydrogens is 328 g/mol. The summed E-state index contributed by atoms with van der Waals surface area (Å²) in [5.41, 5.74) is 4.08. The van der Waals surface area contributed by atoms with Gasteiger partial charge >= 0.3 is 0 Å². The lowest BCUT2D eigenvalue weighted by Crippen LogP contribution is -2.11. The summed E-state index contributed by atoms with van der Waals surface area (Å²) in [5, 5.41) is 3.68. The number of rotatable bonds is 3. The number of thiazole rings is 1. The summed E-state index contributed by atoms with van der Waals surface area (Å²) in [5.74, 6) is 0.612. The molecule has 1 amide bonds. The number of hydrogen-bond donors (Lipinski definition) is 1. The zero-order valence-corrected chi connectivity index (χ0v) is 15.0. The van der Waals surface area contributed by atoms with E-state index in [0.717, 1.165) is 34.8 Å². The molecule has 3 aromatic rings. The van der Waals surface area contributed by atoms with Crippen LogP contribution in [0.1, 0.15) is 34.3 Å². The second kappa shape index (κ2) is 6.81. The maximum atomic E-state index is 12.5. The Morgan fingerprint density at radius 3 is 2.56 bits per heavy atom. The lowest BCUT2D eigenvalue weighted by atomic mass is 9.93. The molecule has 0 saturated heterocycles. The van der Waals surface area contributed by atoms with Gasteiger partial charge in [-0.3, -0.25) is 10.1 Å². The average Bonchev–Trinajstić information content (AvgIpc) is 3.04. The highest BCUT2D eigenvalue weighted by molar-refractivity contribution is 7.15. The molecule has 1 unspecified atom stereocenters.